The van der Waals surface area contributed by atoms with Gasteiger partial charge >= 0.3 is 0 Å². The molecule has 10 rings (SSSR count). The smallest absolute Gasteiger partial charge is 0.165 e. The Labute approximate surface area is 296 Å². The number of nitrogens with zero attached hydrogens (tertiary/aromatic N) is 3. The first kappa shape index (κ1) is 29.0. The van der Waals surface area contributed by atoms with Gasteiger partial charge in [0.25, 0.3) is 0 Å². The summed E-state index contributed by atoms with van der Waals surface area (Å²) in [6.45, 7) is 0. The van der Waals surface area contributed by atoms with E-state index in [0.29, 0.717) is 17.5 Å². The molecule has 0 unspecified atom stereocenters. The van der Waals surface area contributed by atoms with Gasteiger partial charge in [0.2, 0.25) is 0 Å². The van der Waals surface area contributed by atoms with Crippen molar-refractivity contribution in [3.05, 3.63) is 164 Å². The van der Waals surface area contributed by atoms with Gasteiger partial charge < -0.3 is 0 Å². The molecule has 10 aromatic rings. The average molecular weight is 674 g/mol. The fourth-order valence-electron chi connectivity index (χ4n) is 6.97. The minimum atomic E-state index is 0.654. The third-order valence-electron chi connectivity index (χ3n) is 9.35. The Hall–Kier alpha value is -6.01. The molecule has 0 saturated carbocycles. The van der Waals surface area contributed by atoms with Crippen molar-refractivity contribution < 1.29 is 0 Å². The fourth-order valence-corrected chi connectivity index (χ4v) is 9.29. The van der Waals surface area contributed by atoms with Gasteiger partial charge in [0, 0.05) is 57.0 Å². The fraction of sp³-hybridized carbons (Fsp3) is 0. The van der Waals surface area contributed by atoms with Crippen molar-refractivity contribution in [3.63, 3.8) is 0 Å². The molecule has 0 bridgehead atoms. The topological polar surface area (TPSA) is 38.7 Å². The molecule has 0 fully saturated rings. The zero-order valence-corrected chi connectivity index (χ0v) is 28.4. The molecular formula is C45H27N3S2. The normalized spacial score (nSPS) is 11.6. The van der Waals surface area contributed by atoms with E-state index in [1.165, 1.54) is 51.5 Å². The molecule has 0 saturated heterocycles. The summed E-state index contributed by atoms with van der Waals surface area (Å²) in [5, 5.41) is 4.95. The van der Waals surface area contributed by atoms with Gasteiger partial charge in [0.05, 0.1) is 0 Å². The standard InChI is InChI=1S/C45H27N3S2/c1-3-12-28(13-4-1)30-16-9-17-31(26-30)43-46-44(48-45(47-43)36-21-10-20-35-34-18-7-8-22-38(34)50-42(35)36)32-24-25-39-37(27-32)41-33(19-11-23-40(41)49-39)29-14-5-2-6-15-29/h1-27H. The molecule has 7 aromatic carbocycles. The van der Waals surface area contributed by atoms with E-state index in [4.69, 9.17) is 15.0 Å². The number of hydrogen-bond acceptors (Lipinski definition) is 5. The van der Waals surface area contributed by atoms with Gasteiger partial charge in [-0.25, -0.2) is 15.0 Å². The van der Waals surface area contributed by atoms with Crippen LogP contribution in [-0.4, -0.2) is 15.0 Å². The summed E-state index contributed by atoms with van der Waals surface area (Å²) in [6.07, 6.45) is 0. The van der Waals surface area contributed by atoms with E-state index in [1.54, 1.807) is 11.3 Å². The lowest BCUT2D eigenvalue weighted by atomic mass is 9.99. The maximum atomic E-state index is 5.24. The number of aromatic nitrogens is 3. The molecule has 0 amide bonds. The molecule has 3 heterocycles. The van der Waals surface area contributed by atoms with Crippen molar-refractivity contribution in [1.82, 2.24) is 15.0 Å². The molecule has 0 N–H and O–H groups in total. The molecule has 3 aromatic heterocycles. The first-order valence-corrected chi connectivity index (χ1v) is 18.2. The van der Waals surface area contributed by atoms with Crippen molar-refractivity contribution in [1.29, 1.82) is 0 Å². The molecule has 0 atom stereocenters. The second-order valence-corrected chi connectivity index (χ2v) is 14.5. The van der Waals surface area contributed by atoms with Crippen LogP contribution in [0.5, 0.6) is 0 Å². The Morgan fingerprint density at radius 3 is 1.74 bits per heavy atom. The summed E-state index contributed by atoms with van der Waals surface area (Å²) < 4.78 is 4.95. The van der Waals surface area contributed by atoms with Crippen molar-refractivity contribution >= 4 is 63.0 Å². The largest absolute Gasteiger partial charge is 0.208 e. The van der Waals surface area contributed by atoms with Gasteiger partial charge in [-0.2, -0.15) is 0 Å². The Balaban J connectivity index is 1.21. The number of benzene rings is 7. The lowest BCUT2D eigenvalue weighted by Gasteiger charge is -2.11. The van der Waals surface area contributed by atoms with Crippen molar-refractivity contribution in [3.8, 4) is 56.4 Å². The Kier molecular flexibility index (Phi) is 6.86. The van der Waals surface area contributed by atoms with Gasteiger partial charge in [-0.3, -0.25) is 0 Å². The Morgan fingerprint density at radius 1 is 0.320 bits per heavy atom. The SMILES string of the molecule is c1ccc(-c2cccc(-c3nc(-c4ccc5sc6cccc(-c7ccccc7)c6c5c4)nc(-c4cccc5c4sc4ccccc45)n3)c2)cc1. The summed E-state index contributed by atoms with van der Waals surface area (Å²) in [6, 6.07) is 57.9. The first-order chi connectivity index (χ1) is 24.8. The van der Waals surface area contributed by atoms with Crippen LogP contribution in [0.25, 0.3) is 96.8 Å². The summed E-state index contributed by atoms with van der Waals surface area (Å²) in [7, 11) is 0. The maximum Gasteiger partial charge on any atom is 0.165 e. The zero-order valence-electron chi connectivity index (χ0n) is 26.7. The molecule has 5 heteroatoms. The van der Waals surface area contributed by atoms with Crippen molar-refractivity contribution in [2.24, 2.45) is 0 Å². The minimum Gasteiger partial charge on any atom is -0.208 e. The maximum absolute atomic E-state index is 5.24. The summed E-state index contributed by atoms with van der Waals surface area (Å²) in [4.78, 5) is 15.6. The second kappa shape index (κ2) is 11.8. The highest BCUT2D eigenvalue weighted by molar-refractivity contribution is 7.26. The van der Waals surface area contributed by atoms with E-state index >= 15 is 0 Å². The van der Waals surface area contributed by atoms with E-state index in [2.05, 4.69) is 158 Å². The number of thiophene rings is 2. The summed E-state index contributed by atoms with van der Waals surface area (Å²) >= 11 is 3.62. The summed E-state index contributed by atoms with van der Waals surface area (Å²) in [5.74, 6) is 1.99. The van der Waals surface area contributed by atoms with Gasteiger partial charge in [-0.1, -0.05) is 121 Å². The van der Waals surface area contributed by atoms with Crippen LogP contribution in [0.4, 0.5) is 0 Å². The van der Waals surface area contributed by atoms with E-state index in [1.807, 2.05) is 17.4 Å². The van der Waals surface area contributed by atoms with Crippen LogP contribution < -0.4 is 0 Å². The average Bonchev–Trinajstić information content (AvgIpc) is 3.77. The predicted octanol–water partition coefficient (Wildman–Crippen LogP) is 12.9. The van der Waals surface area contributed by atoms with Gasteiger partial charge in [0.1, 0.15) is 0 Å². The van der Waals surface area contributed by atoms with Crippen LogP contribution in [0, 0.1) is 0 Å². The monoisotopic (exact) mass is 673 g/mol. The molecule has 234 valence electrons. The van der Waals surface area contributed by atoms with Gasteiger partial charge in [-0.05, 0) is 64.7 Å². The number of hydrogen-bond donors (Lipinski definition) is 0. The summed E-state index contributed by atoms with van der Waals surface area (Å²) in [5.41, 5.74) is 7.66. The van der Waals surface area contributed by atoms with Crippen LogP contribution in [0.3, 0.4) is 0 Å². The molecule has 0 aliphatic carbocycles. The van der Waals surface area contributed by atoms with E-state index in [0.717, 1.165) is 27.8 Å². The first-order valence-electron chi connectivity index (χ1n) is 16.6. The van der Waals surface area contributed by atoms with Crippen LogP contribution in [-0.2, 0) is 0 Å². The van der Waals surface area contributed by atoms with Crippen LogP contribution in [0.1, 0.15) is 0 Å². The highest BCUT2D eigenvalue weighted by atomic mass is 32.1. The van der Waals surface area contributed by atoms with Gasteiger partial charge in [-0.15, -0.1) is 22.7 Å². The second-order valence-electron chi connectivity index (χ2n) is 12.4. The molecular weight excluding hydrogens is 647 g/mol. The quantitative estimate of drug-likeness (QED) is 0.182. The predicted molar refractivity (Wildman–Crippen MR) is 213 cm³/mol. The Morgan fingerprint density at radius 2 is 0.900 bits per heavy atom. The molecule has 0 aliphatic rings. The van der Waals surface area contributed by atoms with E-state index in [9.17, 15) is 0 Å². The Bertz CT molecular complexity index is 2870. The van der Waals surface area contributed by atoms with Crippen LogP contribution in [0.2, 0.25) is 0 Å². The zero-order chi connectivity index (χ0) is 33.0. The highest BCUT2D eigenvalue weighted by Crippen LogP contribution is 2.43. The lowest BCUT2D eigenvalue weighted by molar-refractivity contribution is 1.08. The van der Waals surface area contributed by atoms with Crippen molar-refractivity contribution in [2.45, 2.75) is 0 Å². The number of fused-ring (bicyclic) bond motifs is 6. The third kappa shape index (κ3) is 4.90. The van der Waals surface area contributed by atoms with Gasteiger partial charge in [0.15, 0.2) is 17.5 Å². The van der Waals surface area contributed by atoms with Crippen LogP contribution >= 0.6 is 22.7 Å². The molecule has 3 nitrogen and oxygen atoms in total. The molecule has 0 aliphatic heterocycles. The number of rotatable bonds is 5. The lowest BCUT2D eigenvalue weighted by Crippen LogP contribution is -2.00. The van der Waals surface area contributed by atoms with E-state index in [-0.39, 0.29) is 0 Å². The van der Waals surface area contributed by atoms with Crippen LogP contribution in [0.15, 0.2) is 164 Å². The molecule has 0 radical (unpaired) electrons. The highest BCUT2D eigenvalue weighted by Gasteiger charge is 2.18. The van der Waals surface area contributed by atoms with E-state index < -0.39 is 0 Å². The molecule has 50 heavy (non-hydrogen) atoms. The van der Waals surface area contributed by atoms with Crippen molar-refractivity contribution in [2.75, 3.05) is 0 Å². The third-order valence-corrected chi connectivity index (χ3v) is 11.7. The molecule has 0 spiro atoms. The minimum absolute atomic E-state index is 0.654.